The topological polar surface area (TPSA) is 105 Å². The van der Waals surface area contributed by atoms with Gasteiger partial charge in [0.25, 0.3) is 0 Å². The van der Waals surface area contributed by atoms with Crippen LogP contribution in [0.15, 0.2) is 94.7 Å². The summed E-state index contributed by atoms with van der Waals surface area (Å²) in [7, 11) is -4.05. The van der Waals surface area contributed by atoms with E-state index in [-0.39, 0.29) is 44.4 Å². The number of halogens is 6. The molecule has 6 nitrogen and oxygen atoms in total. The molecule has 1 atom stereocenters. The van der Waals surface area contributed by atoms with Crippen LogP contribution in [-0.2, 0) is 22.2 Å². The number of sulfone groups is 1. The van der Waals surface area contributed by atoms with Crippen molar-refractivity contribution in [2.24, 2.45) is 5.73 Å². The summed E-state index contributed by atoms with van der Waals surface area (Å²) in [4.78, 5) is -0.252. The molecule has 4 N–H and O–H groups in total. The molecular formula is C31H28F6N2O4S. The van der Waals surface area contributed by atoms with Crippen LogP contribution in [0.2, 0.25) is 0 Å². The maximum Gasteiger partial charge on any atom is 0.416 e. The third-order valence-corrected chi connectivity index (χ3v) is 8.52. The maximum absolute atomic E-state index is 13.6. The first-order valence-corrected chi connectivity index (χ1v) is 14.8. The highest BCUT2D eigenvalue weighted by Crippen LogP contribution is 2.38. The van der Waals surface area contributed by atoms with Gasteiger partial charge in [-0.2, -0.15) is 26.3 Å². The summed E-state index contributed by atoms with van der Waals surface area (Å²) < 4.78 is 118. The molecule has 4 rings (SSSR count). The zero-order valence-electron chi connectivity index (χ0n) is 23.2. The molecule has 0 fully saturated rings. The zero-order valence-corrected chi connectivity index (χ0v) is 24.1. The Kier molecular flexibility index (Phi) is 9.50. The molecule has 44 heavy (non-hydrogen) atoms. The third kappa shape index (κ3) is 7.83. The number of nitrogens with two attached hydrogens (primary N) is 2. The van der Waals surface area contributed by atoms with Gasteiger partial charge >= 0.3 is 12.4 Å². The van der Waals surface area contributed by atoms with Crippen molar-refractivity contribution in [3.63, 3.8) is 0 Å². The predicted octanol–water partition coefficient (Wildman–Crippen LogP) is 8.57. The molecule has 234 valence electrons. The smallest absolute Gasteiger partial charge is 0.416 e. The van der Waals surface area contributed by atoms with E-state index in [1.807, 2.05) is 6.92 Å². The van der Waals surface area contributed by atoms with Crippen molar-refractivity contribution in [1.82, 2.24) is 0 Å². The number of anilines is 1. The summed E-state index contributed by atoms with van der Waals surface area (Å²) in [6, 6.07) is 16.3. The van der Waals surface area contributed by atoms with E-state index in [2.05, 4.69) is 0 Å². The van der Waals surface area contributed by atoms with E-state index in [4.69, 9.17) is 20.9 Å². The van der Waals surface area contributed by atoms with E-state index in [0.717, 1.165) is 24.3 Å². The minimum atomic E-state index is -4.63. The Morgan fingerprint density at radius 3 is 1.57 bits per heavy atom. The summed E-state index contributed by atoms with van der Waals surface area (Å²) in [5.41, 5.74) is 9.59. The second-order valence-electron chi connectivity index (χ2n) is 9.91. The molecule has 0 aromatic heterocycles. The number of hydrogen-bond acceptors (Lipinski definition) is 6. The minimum absolute atomic E-state index is 0.0565. The fraction of sp³-hybridized carbons (Fsp3) is 0.226. The van der Waals surface area contributed by atoms with Crippen molar-refractivity contribution in [2.45, 2.75) is 47.8 Å². The number of alkyl halides is 6. The summed E-state index contributed by atoms with van der Waals surface area (Å²) in [6.45, 7) is 2.16. The molecule has 0 spiro atoms. The van der Waals surface area contributed by atoms with Crippen LogP contribution in [0.25, 0.3) is 0 Å². The molecule has 0 heterocycles. The monoisotopic (exact) mass is 638 g/mol. The highest BCUT2D eigenvalue weighted by molar-refractivity contribution is 7.91. The lowest BCUT2D eigenvalue weighted by molar-refractivity contribution is -0.138. The van der Waals surface area contributed by atoms with Crippen LogP contribution in [0.1, 0.15) is 42.4 Å². The molecule has 0 bridgehead atoms. The minimum Gasteiger partial charge on any atom is -0.457 e. The number of nitrogen functional groups attached to an aromatic ring is 1. The first-order chi connectivity index (χ1) is 20.6. The van der Waals surface area contributed by atoms with Crippen molar-refractivity contribution < 1.29 is 44.2 Å². The lowest BCUT2D eigenvalue weighted by atomic mass is 9.91. The molecule has 0 saturated carbocycles. The van der Waals surface area contributed by atoms with Crippen molar-refractivity contribution in [3.8, 4) is 23.0 Å². The van der Waals surface area contributed by atoms with Crippen LogP contribution in [0, 0.1) is 0 Å². The lowest BCUT2D eigenvalue weighted by Gasteiger charge is -2.18. The van der Waals surface area contributed by atoms with Crippen LogP contribution in [0.4, 0.5) is 32.0 Å². The number of benzene rings is 4. The normalized spacial score (nSPS) is 13.0. The second kappa shape index (κ2) is 12.8. The molecule has 0 aliphatic heterocycles. The Balaban J connectivity index is 1.53. The van der Waals surface area contributed by atoms with Gasteiger partial charge in [-0.1, -0.05) is 6.92 Å². The van der Waals surface area contributed by atoms with Crippen LogP contribution in [0.3, 0.4) is 0 Å². The molecule has 1 unspecified atom stereocenters. The Morgan fingerprint density at radius 1 is 0.682 bits per heavy atom. The Morgan fingerprint density at radius 2 is 1.14 bits per heavy atom. The highest BCUT2D eigenvalue weighted by atomic mass is 32.2. The largest absolute Gasteiger partial charge is 0.457 e. The van der Waals surface area contributed by atoms with Gasteiger partial charge in [0.2, 0.25) is 9.84 Å². The predicted molar refractivity (Wildman–Crippen MR) is 152 cm³/mol. The maximum atomic E-state index is 13.6. The first-order valence-electron chi connectivity index (χ1n) is 13.3. The van der Waals surface area contributed by atoms with Gasteiger partial charge < -0.3 is 20.9 Å². The van der Waals surface area contributed by atoms with Gasteiger partial charge in [0.1, 0.15) is 23.0 Å². The summed E-state index contributed by atoms with van der Waals surface area (Å²) in [6.07, 6.45) is -8.16. The van der Waals surface area contributed by atoms with Gasteiger partial charge in [0.05, 0.1) is 20.9 Å². The fourth-order valence-corrected chi connectivity index (χ4v) is 5.78. The van der Waals surface area contributed by atoms with Crippen molar-refractivity contribution >= 4 is 15.5 Å². The fourth-order valence-electron chi connectivity index (χ4n) is 4.51. The van der Waals surface area contributed by atoms with E-state index in [1.54, 1.807) is 0 Å². The molecule has 0 amide bonds. The Labute approximate surface area is 250 Å². The molecule has 4 aromatic carbocycles. The molecule has 13 heteroatoms. The van der Waals surface area contributed by atoms with Crippen LogP contribution >= 0.6 is 0 Å². The van der Waals surface area contributed by atoms with E-state index in [0.29, 0.717) is 24.9 Å². The number of ether oxygens (including phenoxy) is 2. The van der Waals surface area contributed by atoms with Gasteiger partial charge in [-0.05, 0) is 110 Å². The SMILES string of the molecule is CCC(CCN)c1cc(Oc2ccc(S(=O)(=O)c3ccc(Oc4cc(N)cc(C(F)(F)F)c4)cc3)cc2)cc(C(F)(F)F)c1. The summed E-state index contributed by atoms with van der Waals surface area (Å²) in [5.74, 6) is -0.244. The zero-order chi connectivity index (χ0) is 32.3. The van der Waals surface area contributed by atoms with Crippen molar-refractivity contribution in [1.29, 1.82) is 0 Å². The van der Waals surface area contributed by atoms with E-state index in [9.17, 15) is 34.8 Å². The van der Waals surface area contributed by atoms with Crippen LogP contribution in [0.5, 0.6) is 23.0 Å². The van der Waals surface area contributed by atoms with E-state index >= 15 is 0 Å². The molecule has 4 aromatic rings. The van der Waals surface area contributed by atoms with Gasteiger partial charge in [0, 0.05) is 11.8 Å². The average Bonchev–Trinajstić information content (AvgIpc) is 2.95. The van der Waals surface area contributed by atoms with E-state index < -0.39 is 33.3 Å². The summed E-state index contributed by atoms with van der Waals surface area (Å²) in [5, 5.41) is 0. The molecular weight excluding hydrogens is 610 g/mol. The molecule has 0 radical (unpaired) electrons. The third-order valence-electron chi connectivity index (χ3n) is 6.73. The van der Waals surface area contributed by atoms with E-state index in [1.165, 1.54) is 60.7 Å². The molecule has 0 aliphatic carbocycles. The van der Waals surface area contributed by atoms with Crippen LogP contribution in [-0.4, -0.2) is 15.0 Å². The second-order valence-corrected chi connectivity index (χ2v) is 11.9. The number of hydrogen-bond donors (Lipinski definition) is 2. The van der Waals surface area contributed by atoms with Gasteiger partial charge in [-0.15, -0.1) is 0 Å². The molecule has 0 saturated heterocycles. The van der Waals surface area contributed by atoms with Crippen molar-refractivity contribution in [2.75, 3.05) is 12.3 Å². The highest BCUT2D eigenvalue weighted by Gasteiger charge is 2.33. The van der Waals surface area contributed by atoms with Crippen molar-refractivity contribution in [3.05, 3.63) is 102 Å². The molecule has 0 aliphatic rings. The Hall–Kier alpha value is -4.23. The van der Waals surface area contributed by atoms with Gasteiger partial charge in [-0.3, -0.25) is 0 Å². The summed E-state index contributed by atoms with van der Waals surface area (Å²) >= 11 is 0. The van der Waals surface area contributed by atoms with Gasteiger partial charge in [0.15, 0.2) is 0 Å². The quantitative estimate of drug-likeness (QED) is 0.133. The standard InChI is InChI=1S/C31H28F6N2O4S/c1-2-19(11-12-38)20-13-21(30(32,33)34)16-26(14-20)42-24-3-7-28(8-4-24)44(40,41)29-9-5-25(6-10-29)43-27-17-22(31(35,36)37)15-23(39)18-27/h3-10,13-19H,2,11-12,38-39H2,1H3. The first kappa shape index (κ1) is 32.7. The van der Waals surface area contributed by atoms with Gasteiger partial charge in [-0.25, -0.2) is 8.42 Å². The lowest BCUT2D eigenvalue weighted by Crippen LogP contribution is -2.10. The Bertz CT molecular complexity index is 1710. The average molecular weight is 639 g/mol. The van der Waals surface area contributed by atoms with Crippen LogP contribution < -0.4 is 20.9 Å². The number of rotatable bonds is 10.